The Kier molecular flexibility index (Phi) is 14.7. The lowest BCUT2D eigenvalue weighted by Gasteiger charge is -2.22. The summed E-state index contributed by atoms with van der Waals surface area (Å²) in [6.45, 7) is 14.7. The number of carboxylic acids is 1. The number of unbranched alkanes of at least 4 members (excludes halogenated alkanes) is 3. The molecule has 1 aromatic carbocycles. The Bertz CT molecular complexity index is 633. The van der Waals surface area contributed by atoms with Gasteiger partial charge in [-0.3, -0.25) is 0 Å². The van der Waals surface area contributed by atoms with Crippen LogP contribution in [-0.2, 0) is 0 Å². The second-order valence-corrected chi connectivity index (χ2v) is 9.78. The molecule has 0 saturated carbocycles. The van der Waals surface area contributed by atoms with Crippen molar-refractivity contribution < 1.29 is 24.1 Å². The van der Waals surface area contributed by atoms with Crippen molar-refractivity contribution >= 4 is 5.97 Å². The minimum Gasteiger partial charge on any atom is -0.489 e. The Morgan fingerprint density at radius 1 is 0.727 bits per heavy atom. The zero-order chi connectivity index (χ0) is 24.6. The first-order valence-corrected chi connectivity index (χ1v) is 13.1. The average Bonchev–Trinajstić information content (AvgIpc) is 2.80. The molecule has 3 atom stereocenters. The molecule has 0 spiro atoms. The maximum atomic E-state index is 11.8. The Morgan fingerprint density at radius 3 is 1.42 bits per heavy atom. The molecule has 5 nitrogen and oxygen atoms in total. The van der Waals surface area contributed by atoms with Crippen LogP contribution in [0.5, 0.6) is 17.2 Å². The fourth-order valence-corrected chi connectivity index (χ4v) is 3.65. The van der Waals surface area contributed by atoms with Crippen LogP contribution in [0.2, 0.25) is 0 Å². The van der Waals surface area contributed by atoms with Crippen LogP contribution in [0.15, 0.2) is 12.1 Å². The minimum absolute atomic E-state index is 0.161. The van der Waals surface area contributed by atoms with Crippen molar-refractivity contribution in [2.45, 2.75) is 99.3 Å². The van der Waals surface area contributed by atoms with Crippen molar-refractivity contribution in [3.63, 3.8) is 0 Å². The largest absolute Gasteiger partial charge is 0.489 e. The Balaban J connectivity index is 3.12. The normalized spacial score (nSPS) is 13.9. The third-order valence-electron chi connectivity index (χ3n) is 5.98. The summed E-state index contributed by atoms with van der Waals surface area (Å²) in [6.07, 6.45) is 10.2. The highest BCUT2D eigenvalue weighted by Crippen LogP contribution is 2.40. The van der Waals surface area contributed by atoms with Crippen molar-refractivity contribution in [3.05, 3.63) is 17.7 Å². The topological polar surface area (TPSA) is 65.0 Å². The lowest BCUT2D eigenvalue weighted by molar-refractivity contribution is 0.0695. The van der Waals surface area contributed by atoms with Gasteiger partial charge >= 0.3 is 5.97 Å². The van der Waals surface area contributed by atoms with Crippen LogP contribution in [0, 0.1) is 17.8 Å². The highest BCUT2D eigenvalue weighted by Gasteiger charge is 2.21. The molecule has 0 aliphatic carbocycles. The summed E-state index contributed by atoms with van der Waals surface area (Å²) in [5, 5.41) is 9.68. The lowest BCUT2D eigenvalue weighted by Crippen LogP contribution is -2.15. The summed E-state index contributed by atoms with van der Waals surface area (Å²) in [5.41, 5.74) is 0.161. The second kappa shape index (κ2) is 16.7. The summed E-state index contributed by atoms with van der Waals surface area (Å²) in [4.78, 5) is 11.8. The first-order valence-electron chi connectivity index (χ1n) is 13.1. The second-order valence-electron chi connectivity index (χ2n) is 9.78. The quantitative estimate of drug-likeness (QED) is 0.225. The molecular formula is C28H48O5. The smallest absolute Gasteiger partial charge is 0.335 e. The number of aromatic carboxylic acids is 1. The van der Waals surface area contributed by atoms with Crippen LogP contribution in [-0.4, -0.2) is 30.9 Å². The molecule has 0 fully saturated rings. The first-order chi connectivity index (χ1) is 15.8. The minimum atomic E-state index is -0.995. The molecule has 1 rings (SSSR count). The van der Waals surface area contributed by atoms with E-state index < -0.39 is 5.97 Å². The highest BCUT2D eigenvalue weighted by atomic mass is 16.5. The summed E-state index contributed by atoms with van der Waals surface area (Å²) < 4.78 is 18.5. The van der Waals surface area contributed by atoms with Crippen molar-refractivity contribution in [3.8, 4) is 17.2 Å². The number of hydrogen-bond acceptors (Lipinski definition) is 4. The van der Waals surface area contributed by atoms with Crippen LogP contribution < -0.4 is 14.2 Å². The van der Waals surface area contributed by atoms with Crippen LogP contribution in [0.4, 0.5) is 0 Å². The molecule has 0 amide bonds. The zero-order valence-electron chi connectivity index (χ0n) is 22.0. The van der Waals surface area contributed by atoms with Gasteiger partial charge in [0.1, 0.15) is 0 Å². The van der Waals surface area contributed by atoms with Gasteiger partial charge in [0, 0.05) is 0 Å². The van der Waals surface area contributed by atoms with E-state index in [0.717, 1.165) is 51.4 Å². The lowest BCUT2D eigenvalue weighted by atomic mass is 10.1. The number of benzene rings is 1. The Labute approximate surface area is 202 Å². The van der Waals surface area contributed by atoms with E-state index in [2.05, 4.69) is 41.5 Å². The molecule has 0 aromatic heterocycles. The van der Waals surface area contributed by atoms with E-state index >= 15 is 0 Å². The van der Waals surface area contributed by atoms with E-state index in [4.69, 9.17) is 14.2 Å². The van der Waals surface area contributed by atoms with E-state index in [1.807, 2.05) is 0 Å². The molecule has 3 unspecified atom stereocenters. The van der Waals surface area contributed by atoms with Crippen LogP contribution in [0.25, 0.3) is 0 Å². The molecule has 0 aliphatic heterocycles. The summed E-state index contributed by atoms with van der Waals surface area (Å²) in [5.74, 6) is 1.65. The van der Waals surface area contributed by atoms with Gasteiger partial charge in [-0.25, -0.2) is 4.79 Å². The van der Waals surface area contributed by atoms with Crippen molar-refractivity contribution in [1.29, 1.82) is 0 Å². The molecule has 33 heavy (non-hydrogen) atoms. The number of ether oxygens (including phenoxy) is 3. The van der Waals surface area contributed by atoms with Gasteiger partial charge in [0.25, 0.3) is 0 Å². The molecule has 0 aliphatic rings. The molecule has 0 saturated heterocycles. The maximum Gasteiger partial charge on any atom is 0.335 e. The van der Waals surface area contributed by atoms with E-state index in [0.29, 0.717) is 54.8 Å². The van der Waals surface area contributed by atoms with E-state index in [9.17, 15) is 9.90 Å². The highest BCUT2D eigenvalue weighted by molar-refractivity contribution is 5.89. The van der Waals surface area contributed by atoms with E-state index in [-0.39, 0.29) is 5.56 Å². The Hall–Kier alpha value is -1.91. The van der Waals surface area contributed by atoms with E-state index in [1.165, 1.54) is 6.42 Å². The average molecular weight is 465 g/mol. The third kappa shape index (κ3) is 11.7. The third-order valence-corrected chi connectivity index (χ3v) is 5.98. The van der Waals surface area contributed by atoms with Gasteiger partial charge in [-0.05, 0) is 49.1 Å². The molecular weight excluding hydrogens is 416 g/mol. The van der Waals surface area contributed by atoms with Crippen LogP contribution in [0.1, 0.15) is 110 Å². The standard InChI is InChI=1S/C28H48O5/c1-7-10-13-21(4)18-31-25-16-24(28(29)30)17-26(32-19-22(5)14-11-8-2)27(25)33-20-23(6)15-12-9-3/h16-17,21-23H,7-15,18-20H2,1-6H3,(H,29,30). The number of carbonyl (C=O) groups is 1. The molecule has 0 bridgehead atoms. The van der Waals surface area contributed by atoms with Crippen LogP contribution >= 0.6 is 0 Å². The zero-order valence-corrected chi connectivity index (χ0v) is 22.0. The van der Waals surface area contributed by atoms with E-state index in [1.54, 1.807) is 12.1 Å². The Morgan fingerprint density at radius 2 is 1.09 bits per heavy atom. The van der Waals surface area contributed by atoms with Crippen molar-refractivity contribution in [2.24, 2.45) is 17.8 Å². The first kappa shape index (κ1) is 29.1. The van der Waals surface area contributed by atoms with Gasteiger partial charge in [-0.1, -0.05) is 80.1 Å². The monoisotopic (exact) mass is 464 g/mol. The molecule has 0 heterocycles. The number of carboxylic acid groups (broad SMARTS) is 1. The van der Waals surface area contributed by atoms with Gasteiger partial charge in [0.15, 0.2) is 11.5 Å². The predicted octanol–water partition coefficient (Wildman–Crippen LogP) is 8.00. The van der Waals surface area contributed by atoms with Gasteiger partial charge < -0.3 is 19.3 Å². The number of hydrogen-bond donors (Lipinski definition) is 1. The summed E-state index contributed by atoms with van der Waals surface area (Å²) in [7, 11) is 0. The summed E-state index contributed by atoms with van der Waals surface area (Å²) >= 11 is 0. The fraction of sp³-hybridized carbons (Fsp3) is 0.750. The fourth-order valence-electron chi connectivity index (χ4n) is 3.65. The van der Waals surface area contributed by atoms with Gasteiger partial charge in [0.2, 0.25) is 5.75 Å². The molecule has 1 aromatic rings. The molecule has 0 radical (unpaired) electrons. The number of rotatable bonds is 19. The molecule has 190 valence electrons. The molecule has 1 N–H and O–H groups in total. The SMILES string of the molecule is CCCCC(C)COc1cc(C(=O)O)cc(OCC(C)CCCC)c1OCC(C)CCCC. The van der Waals surface area contributed by atoms with Gasteiger partial charge in [0.05, 0.1) is 25.4 Å². The van der Waals surface area contributed by atoms with Gasteiger partial charge in [-0.2, -0.15) is 0 Å². The predicted molar refractivity (Wildman–Crippen MR) is 136 cm³/mol. The van der Waals surface area contributed by atoms with Crippen molar-refractivity contribution in [2.75, 3.05) is 19.8 Å². The summed E-state index contributed by atoms with van der Waals surface area (Å²) in [6, 6.07) is 3.16. The van der Waals surface area contributed by atoms with Crippen molar-refractivity contribution in [1.82, 2.24) is 0 Å². The van der Waals surface area contributed by atoms with Crippen LogP contribution in [0.3, 0.4) is 0 Å². The van der Waals surface area contributed by atoms with Gasteiger partial charge in [-0.15, -0.1) is 0 Å². The maximum absolute atomic E-state index is 11.8. The molecule has 5 heteroatoms.